The van der Waals surface area contributed by atoms with Crippen LogP contribution in [0.5, 0.6) is 0 Å². The van der Waals surface area contributed by atoms with Gasteiger partial charge in [0.15, 0.2) is 0 Å². The molecule has 8 heteroatoms. The summed E-state index contributed by atoms with van der Waals surface area (Å²) in [5, 5.41) is 10.4. The Bertz CT molecular complexity index is 1130. The topological polar surface area (TPSA) is 84.0 Å². The quantitative estimate of drug-likeness (QED) is 0.428. The van der Waals surface area contributed by atoms with Crippen LogP contribution in [0.1, 0.15) is 20.2 Å². The van der Waals surface area contributed by atoms with E-state index in [-0.39, 0.29) is 11.8 Å². The average molecular weight is 449 g/mol. The van der Waals surface area contributed by atoms with E-state index in [4.69, 9.17) is 0 Å². The van der Waals surface area contributed by atoms with Crippen LogP contribution in [-0.4, -0.2) is 27.8 Å². The van der Waals surface area contributed by atoms with Crippen LogP contribution in [0.15, 0.2) is 77.8 Å². The maximum Gasteiger partial charge on any atom is 0.262 e. The van der Waals surface area contributed by atoms with Gasteiger partial charge in [-0.25, -0.2) is 4.98 Å². The Labute approximate surface area is 188 Å². The molecular formula is C23H20N4O2S2. The third-order valence-electron chi connectivity index (χ3n) is 4.59. The maximum absolute atomic E-state index is 12.9. The number of amides is 2. The molecule has 1 aromatic carbocycles. The first-order valence-corrected chi connectivity index (χ1v) is 11.5. The van der Waals surface area contributed by atoms with Crippen LogP contribution < -0.4 is 10.6 Å². The van der Waals surface area contributed by atoms with Crippen molar-refractivity contribution in [1.82, 2.24) is 20.6 Å². The zero-order valence-electron chi connectivity index (χ0n) is 16.5. The zero-order valence-corrected chi connectivity index (χ0v) is 18.2. The second-order valence-electron chi connectivity index (χ2n) is 6.77. The molecule has 0 saturated heterocycles. The number of nitrogens with one attached hydrogen (secondary N) is 2. The molecule has 4 rings (SSSR count). The predicted molar refractivity (Wildman–Crippen MR) is 123 cm³/mol. The largest absolute Gasteiger partial charge is 0.348 e. The first kappa shape index (κ1) is 20.9. The van der Waals surface area contributed by atoms with Crippen molar-refractivity contribution >= 4 is 34.5 Å². The first-order valence-electron chi connectivity index (χ1n) is 9.70. The fraction of sp³-hybridized carbons (Fsp3) is 0.130. The summed E-state index contributed by atoms with van der Waals surface area (Å²) in [6.45, 7) is 0.300. The molecule has 0 bridgehead atoms. The molecule has 1 unspecified atom stereocenters. The number of thiazole rings is 1. The Morgan fingerprint density at radius 3 is 2.52 bits per heavy atom. The van der Waals surface area contributed by atoms with Gasteiger partial charge in [-0.15, -0.1) is 22.7 Å². The normalized spacial score (nSPS) is 11.6. The number of pyridine rings is 1. The Hall–Kier alpha value is -3.36. The smallest absolute Gasteiger partial charge is 0.262 e. The van der Waals surface area contributed by atoms with Crippen LogP contribution in [0.4, 0.5) is 0 Å². The van der Waals surface area contributed by atoms with Gasteiger partial charge in [0.05, 0.1) is 17.1 Å². The summed E-state index contributed by atoms with van der Waals surface area (Å²) in [6.07, 6.45) is 3.85. The molecule has 0 fully saturated rings. The van der Waals surface area contributed by atoms with Crippen LogP contribution in [0, 0.1) is 0 Å². The van der Waals surface area contributed by atoms with E-state index in [2.05, 4.69) is 20.6 Å². The van der Waals surface area contributed by atoms with E-state index in [0.29, 0.717) is 17.8 Å². The molecule has 1 atom stereocenters. The van der Waals surface area contributed by atoms with Gasteiger partial charge in [-0.2, -0.15) is 0 Å². The summed E-state index contributed by atoms with van der Waals surface area (Å²) in [6, 6.07) is 16.3. The molecule has 4 aromatic rings. The van der Waals surface area contributed by atoms with Crippen molar-refractivity contribution in [2.24, 2.45) is 0 Å². The van der Waals surface area contributed by atoms with Crippen molar-refractivity contribution in [2.75, 3.05) is 0 Å². The second kappa shape index (κ2) is 10.1. The number of hydrogen-bond donors (Lipinski definition) is 2. The molecule has 0 radical (unpaired) electrons. The molecule has 0 saturated carbocycles. The summed E-state index contributed by atoms with van der Waals surface area (Å²) in [7, 11) is 0. The second-order valence-corrected chi connectivity index (χ2v) is 8.66. The van der Waals surface area contributed by atoms with E-state index in [1.54, 1.807) is 18.5 Å². The van der Waals surface area contributed by atoms with E-state index in [0.717, 1.165) is 21.8 Å². The van der Waals surface area contributed by atoms with E-state index in [1.165, 1.54) is 22.7 Å². The third-order valence-corrected chi connectivity index (χ3v) is 6.31. The lowest BCUT2D eigenvalue weighted by atomic mass is 10.1. The number of carbonyl (C=O) groups excluding carboxylic acids is 2. The Balaban J connectivity index is 1.42. The summed E-state index contributed by atoms with van der Waals surface area (Å²) in [5.74, 6) is -0.491. The SMILES string of the molecule is O=C(NC(Cc1ccccc1)C(=O)NCc1nc(-c2ccncc2)cs1)c1cccs1. The summed E-state index contributed by atoms with van der Waals surface area (Å²) in [5.41, 5.74) is 2.81. The average Bonchev–Trinajstić information content (AvgIpc) is 3.51. The summed E-state index contributed by atoms with van der Waals surface area (Å²) in [4.78, 5) is 34.7. The van der Waals surface area contributed by atoms with Gasteiger partial charge in [0, 0.05) is 29.8 Å². The molecule has 0 aliphatic carbocycles. The molecule has 0 aliphatic heterocycles. The van der Waals surface area contributed by atoms with Gasteiger partial charge in [0.1, 0.15) is 11.0 Å². The number of benzene rings is 1. The monoisotopic (exact) mass is 448 g/mol. The van der Waals surface area contributed by atoms with Gasteiger partial charge >= 0.3 is 0 Å². The number of aromatic nitrogens is 2. The van der Waals surface area contributed by atoms with Crippen molar-refractivity contribution < 1.29 is 9.59 Å². The molecule has 6 nitrogen and oxygen atoms in total. The molecule has 2 N–H and O–H groups in total. The van der Waals surface area contributed by atoms with Crippen LogP contribution in [0.25, 0.3) is 11.3 Å². The minimum absolute atomic E-state index is 0.241. The number of carbonyl (C=O) groups is 2. The van der Waals surface area contributed by atoms with Crippen molar-refractivity contribution in [3.8, 4) is 11.3 Å². The molecule has 3 aromatic heterocycles. The fourth-order valence-electron chi connectivity index (χ4n) is 3.03. The van der Waals surface area contributed by atoms with E-state index in [1.807, 2.05) is 59.3 Å². The lowest BCUT2D eigenvalue weighted by Crippen LogP contribution is -2.47. The highest BCUT2D eigenvalue weighted by atomic mass is 32.1. The van der Waals surface area contributed by atoms with E-state index in [9.17, 15) is 9.59 Å². The molecule has 3 heterocycles. The molecule has 2 amide bonds. The first-order chi connectivity index (χ1) is 15.2. The molecule has 31 heavy (non-hydrogen) atoms. The molecule has 156 valence electrons. The molecule has 0 spiro atoms. The number of rotatable bonds is 8. The van der Waals surface area contributed by atoms with Crippen LogP contribution in [-0.2, 0) is 17.8 Å². The lowest BCUT2D eigenvalue weighted by molar-refractivity contribution is -0.123. The van der Waals surface area contributed by atoms with Crippen molar-refractivity contribution in [2.45, 2.75) is 19.0 Å². The van der Waals surface area contributed by atoms with E-state index < -0.39 is 6.04 Å². The van der Waals surface area contributed by atoms with Gasteiger partial charge in [-0.1, -0.05) is 36.4 Å². The Kier molecular flexibility index (Phi) is 6.81. The molecular weight excluding hydrogens is 428 g/mol. The highest BCUT2D eigenvalue weighted by molar-refractivity contribution is 7.12. The minimum Gasteiger partial charge on any atom is -0.348 e. The van der Waals surface area contributed by atoms with Crippen LogP contribution >= 0.6 is 22.7 Å². The third kappa shape index (κ3) is 5.62. The minimum atomic E-state index is -0.684. The summed E-state index contributed by atoms with van der Waals surface area (Å²) < 4.78 is 0. The zero-order chi connectivity index (χ0) is 21.5. The molecule has 0 aliphatic rings. The van der Waals surface area contributed by atoms with Gasteiger partial charge in [0.25, 0.3) is 5.91 Å². The lowest BCUT2D eigenvalue weighted by Gasteiger charge is -2.18. The van der Waals surface area contributed by atoms with Crippen LogP contribution in [0.3, 0.4) is 0 Å². The predicted octanol–water partition coefficient (Wildman–Crippen LogP) is 3.92. The Morgan fingerprint density at radius 1 is 0.968 bits per heavy atom. The maximum atomic E-state index is 12.9. The van der Waals surface area contributed by atoms with Gasteiger partial charge in [-0.3, -0.25) is 14.6 Å². The van der Waals surface area contributed by atoms with E-state index >= 15 is 0 Å². The van der Waals surface area contributed by atoms with Crippen molar-refractivity contribution in [3.05, 3.63) is 93.2 Å². The number of hydrogen-bond acceptors (Lipinski definition) is 6. The van der Waals surface area contributed by atoms with Gasteiger partial charge in [-0.05, 0) is 29.1 Å². The van der Waals surface area contributed by atoms with Crippen molar-refractivity contribution in [3.63, 3.8) is 0 Å². The van der Waals surface area contributed by atoms with Gasteiger partial charge < -0.3 is 10.6 Å². The number of nitrogens with zero attached hydrogens (tertiary/aromatic N) is 2. The fourth-order valence-corrected chi connectivity index (χ4v) is 4.40. The standard InChI is InChI=1S/C23H20N4O2S2/c28-22(25-14-21-26-19(15-31-21)17-8-10-24-11-9-17)18(13-16-5-2-1-3-6-16)27-23(29)20-7-4-12-30-20/h1-12,15,18H,13-14H2,(H,25,28)(H,27,29). The Morgan fingerprint density at radius 2 is 1.77 bits per heavy atom. The van der Waals surface area contributed by atoms with Gasteiger partial charge in [0.2, 0.25) is 5.91 Å². The number of thiophene rings is 1. The highest BCUT2D eigenvalue weighted by Crippen LogP contribution is 2.21. The van der Waals surface area contributed by atoms with Crippen molar-refractivity contribution in [1.29, 1.82) is 0 Å². The van der Waals surface area contributed by atoms with Crippen LogP contribution in [0.2, 0.25) is 0 Å². The summed E-state index contributed by atoms with van der Waals surface area (Å²) >= 11 is 2.83. The highest BCUT2D eigenvalue weighted by Gasteiger charge is 2.22.